The van der Waals surface area contributed by atoms with Crippen LogP contribution in [-0.4, -0.2) is 9.97 Å². The Morgan fingerprint density at radius 1 is 0.567 bits per heavy atom. The zero-order valence-corrected chi connectivity index (χ0v) is 17.7. The lowest BCUT2D eigenvalue weighted by Crippen LogP contribution is -2.02. The van der Waals surface area contributed by atoms with Gasteiger partial charge in [-0.1, -0.05) is 60.7 Å². The van der Waals surface area contributed by atoms with Gasteiger partial charge in [0.15, 0.2) is 0 Å². The van der Waals surface area contributed by atoms with Crippen LogP contribution in [0.5, 0.6) is 0 Å². The fourth-order valence-electron chi connectivity index (χ4n) is 4.52. The summed E-state index contributed by atoms with van der Waals surface area (Å²) in [4.78, 5) is 8.83. The SMILES string of the molecule is Cc1nc2ccccc2nc1C.c1ccc2c(c1)ccc1c3c(ccc12)CCCC3. The van der Waals surface area contributed by atoms with Gasteiger partial charge in [-0.25, -0.2) is 9.97 Å². The smallest absolute Gasteiger partial charge is 0.0890 e. The minimum absolute atomic E-state index is 0.973. The van der Waals surface area contributed by atoms with Crippen LogP contribution in [0.25, 0.3) is 32.6 Å². The van der Waals surface area contributed by atoms with Crippen LogP contribution in [0.15, 0.2) is 72.8 Å². The third-order valence-corrected chi connectivity index (χ3v) is 6.24. The highest BCUT2D eigenvalue weighted by Crippen LogP contribution is 2.33. The molecule has 30 heavy (non-hydrogen) atoms. The van der Waals surface area contributed by atoms with Crippen molar-refractivity contribution in [1.82, 2.24) is 9.97 Å². The minimum Gasteiger partial charge on any atom is -0.250 e. The first-order valence-electron chi connectivity index (χ1n) is 10.8. The number of benzene rings is 4. The lowest BCUT2D eigenvalue weighted by Gasteiger charge is -2.18. The van der Waals surface area contributed by atoms with Crippen LogP contribution in [0, 0.1) is 13.8 Å². The summed E-state index contributed by atoms with van der Waals surface area (Å²) in [5, 5.41) is 5.64. The molecule has 0 amide bonds. The fraction of sp³-hybridized carbons (Fsp3) is 0.214. The van der Waals surface area contributed by atoms with E-state index >= 15 is 0 Å². The Kier molecular flexibility index (Phi) is 4.92. The molecule has 0 unspecified atom stereocenters. The Morgan fingerprint density at radius 2 is 1.20 bits per heavy atom. The van der Waals surface area contributed by atoms with Crippen molar-refractivity contribution < 1.29 is 0 Å². The maximum atomic E-state index is 4.41. The van der Waals surface area contributed by atoms with E-state index in [4.69, 9.17) is 0 Å². The highest BCUT2D eigenvalue weighted by atomic mass is 14.8. The molecule has 0 spiro atoms. The van der Waals surface area contributed by atoms with Crippen molar-refractivity contribution in [2.45, 2.75) is 39.5 Å². The number of fused-ring (bicyclic) bond motifs is 6. The molecule has 4 aromatic carbocycles. The summed E-state index contributed by atoms with van der Waals surface area (Å²) >= 11 is 0. The zero-order valence-electron chi connectivity index (χ0n) is 17.7. The Bertz CT molecular complexity index is 1330. The molecule has 0 fully saturated rings. The van der Waals surface area contributed by atoms with Gasteiger partial charge in [0.25, 0.3) is 0 Å². The van der Waals surface area contributed by atoms with Gasteiger partial charge in [-0.3, -0.25) is 0 Å². The van der Waals surface area contributed by atoms with Crippen LogP contribution in [0.2, 0.25) is 0 Å². The predicted molar refractivity (Wildman–Crippen MR) is 127 cm³/mol. The Balaban J connectivity index is 0.000000140. The van der Waals surface area contributed by atoms with Crippen molar-refractivity contribution in [2.75, 3.05) is 0 Å². The summed E-state index contributed by atoms with van der Waals surface area (Å²) in [6.07, 6.45) is 5.22. The van der Waals surface area contributed by atoms with Gasteiger partial charge in [0, 0.05) is 0 Å². The third kappa shape index (κ3) is 3.43. The normalized spacial score (nSPS) is 13.1. The fourth-order valence-corrected chi connectivity index (χ4v) is 4.52. The number of hydrogen-bond donors (Lipinski definition) is 0. The Labute approximate surface area is 177 Å². The van der Waals surface area contributed by atoms with Gasteiger partial charge in [-0.05, 0) is 84.3 Å². The third-order valence-electron chi connectivity index (χ3n) is 6.24. The second kappa shape index (κ2) is 7.87. The molecule has 0 bridgehead atoms. The molecule has 6 rings (SSSR count). The van der Waals surface area contributed by atoms with E-state index in [2.05, 4.69) is 58.5 Å². The number of hydrogen-bond acceptors (Lipinski definition) is 2. The average Bonchev–Trinajstić information content (AvgIpc) is 2.80. The highest BCUT2D eigenvalue weighted by molar-refractivity contribution is 6.08. The van der Waals surface area contributed by atoms with E-state index in [9.17, 15) is 0 Å². The largest absolute Gasteiger partial charge is 0.250 e. The van der Waals surface area contributed by atoms with E-state index in [1.54, 1.807) is 11.1 Å². The summed E-state index contributed by atoms with van der Waals surface area (Å²) in [5.41, 5.74) is 7.14. The Hall–Kier alpha value is -3.26. The zero-order chi connectivity index (χ0) is 20.5. The van der Waals surface area contributed by atoms with E-state index < -0.39 is 0 Å². The van der Waals surface area contributed by atoms with Crippen LogP contribution in [0.1, 0.15) is 35.4 Å². The topological polar surface area (TPSA) is 25.8 Å². The van der Waals surface area contributed by atoms with E-state index in [-0.39, 0.29) is 0 Å². The lowest BCUT2D eigenvalue weighted by atomic mass is 9.86. The first-order chi connectivity index (χ1) is 14.7. The summed E-state index contributed by atoms with van der Waals surface area (Å²) in [6, 6.07) is 25.9. The van der Waals surface area contributed by atoms with Crippen LogP contribution >= 0.6 is 0 Å². The monoisotopic (exact) mass is 390 g/mol. The van der Waals surface area contributed by atoms with Gasteiger partial charge in [0.05, 0.1) is 22.4 Å². The molecular formula is C28H26N2. The molecule has 0 radical (unpaired) electrons. The molecule has 0 N–H and O–H groups in total. The molecular weight excluding hydrogens is 364 g/mol. The first kappa shape index (κ1) is 18.7. The quantitative estimate of drug-likeness (QED) is 0.263. The highest BCUT2D eigenvalue weighted by Gasteiger charge is 2.13. The van der Waals surface area contributed by atoms with Crippen LogP contribution in [0.4, 0.5) is 0 Å². The number of para-hydroxylation sites is 2. The summed E-state index contributed by atoms with van der Waals surface area (Å²) < 4.78 is 0. The summed E-state index contributed by atoms with van der Waals surface area (Å²) in [7, 11) is 0. The molecule has 1 aromatic heterocycles. The van der Waals surface area contributed by atoms with Gasteiger partial charge in [-0.2, -0.15) is 0 Å². The molecule has 2 heteroatoms. The molecule has 5 aromatic rings. The predicted octanol–water partition coefficient (Wildman–Crippen LogP) is 7.12. The minimum atomic E-state index is 0.973. The van der Waals surface area contributed by atoms with Crippen molar-refractivity contribution >= 4 is 32.6 Å². The van der Waals surface area contributed by atoms with Crippen molar-refractivity contribution in [3.63, 3.8) is 0 Å². The van der Waals surface area contributed by atoms with E-state index in [1.165, 1.54) is 47.2 Å². The number of rotatable bonds is 0. The van der Waals surface area contributed by atoms with Crippen LogP contribution in [0.3, 0.4) is 0 Å². The van der Waals surface area contributed by atoms with Crippen molar-refractivity contribution in [1.29, 1.82) is 0 Å². The summed E-state index contributed by atoms with van der Waals surface area (Å²) in [5.74, 6) is 0. The first-order valence-corrected chi connectivity index (χ1v) is 10.8. The van der Waals surface area contributed by atoms with Gasteiger partial charge in [0.1, 0.15) is 0 Å². The summed E-state index contributed by atoms with van der Waals surface area (Å²) in [6.45, 7) is 3.96. The second-order valence-electron chi connectivity index (χ2n) is 8.18. The number of aromatic nitrogens is 2. The molecule has 1 aliphatic carbocycles. The molecule has 1 heterocycles. The van der Waals surface area contributed by atoms with E-state index in [0.717, 1.165) is 22.4 Å². The van der Waals surface area contributed by atoms with Crippen molar-refractivity contribution in [3.05, 3.63) is 95.3 Å². The van der Waals surface area contributed by atoms with Crippen LogP contribution < -0.4 is 0 Å². The van der Waals surface area contributed by atoms with E-state index in [0.29, 0.717) is 0 Å². The van der Waals surface area contributed by atoms with Crippen molar-refractivity contribution in [3.8, 4) is 0 Å². The molecule has 0 atom stereocenters. The molecule has 0 saturated heterocycles. The maximum absolute atomic E-state index is 4.41. The van der Waals surface area contributed by atoms with E-state index in [1.807, 2.05) is 38.1 Å². The molecule has 0 aliphatic heterocycles. The standard InChI is InChI=1S/C18H16.C10H10N2/c1-3-7-15-13(5-1)9-11-18-16-8-4-2-6-14(16)10-12-17(15)18;1-7-8(2)12-10-6-4-3-5-9(10)11-7/h1,3,5,7,9-12H,2,4,6,8H2;3-6H,1-2H3. The maximum Gasteiger partial charge on any atom is 0.0890 e. The number of aryl methyl sites for hydroxylation is 4. The van der Waals surface area contributed by atoms with Gasteiger partial charge >= 0.3 is 0 Å². The molecule has 1 aliphatic rings. The lowest BCUT2D eigenvalue weighted by molar-refractivity contribution is 0.690. The average molecular weight is 391 g/mol. The molecule has 148 valence electrons. The van der Waals surface area contributed by atoms with Gasteiger partial charge in [-0.15, -0.1) is 0 Å². The second-order valence-corrected chi connectivity index (χ2v) is 8.18. The van der Waals surface area contributed by atoms with Gasteiger partial charge < -0.3 is 0 Å². The Morgan fingerprint density at radius 3 is 1.97 bits per heavy atom. The van der Waals surface area contributed by atoms with Gasteiger partial charge in [0.2, 0.25) is 0 Å². The molecule has 0 saturated carbocycles. The van der Waals surface area contributed by atoms with Crippen LogP contribution in [-0.2, 0) is 12.8 Å². The van der Waals surface area contributed by atoms with Crippen molar-refractivity contribution in [2.24, 2.45) is 0 Å². The number of nitrogens with zero attached hydrogens (tertiary/aromatic N) is 2. The molecule has 2 nitrogen and oxygen atoms in total.